The molecule has 0 spiro atoms. The van der Waals surface area contributed by atoms with Crippen LogP contribution in [0.4, 0.5) is 5.69 Å². The topological polar surface area (TPSA) is 65.2 Å². The number of anilines is 1. The molecular formula is C11H14N2O2S. The van der Waals surface area contributed by atoms with Gasteiger partial charge < -0.3 is 10.5 Å². The van der Waals surface area contributed by atoms with Crippen molar-refractivity contribution >= 4 is 23.4 Å². The van der Waals surface area contributed by atoms with Gasteiger partial charge >= 0.3 is 5.97 Å². The number of aromatic nitrogens is 1. The van der Waals surface area contributed by atoms with E-state index in [1.165, 1.54) is 0 Å². The van der Waals surface area contributed by atoms with Gasteiger partial charge in [0.2, 0.25) is 0 Å². The zero-order valence-corrected chi connectivity index (χ0v) is 10.2. The maximum Gasteiger partial charge on any atom is 0.342 e. The van der Waals surface area contributed by atoms with Gasteiger partial charge in [-0.1, -0.05) is 0 Å². The Morgan fingerprint density at radius 1 is 1.62 bits per heavy atom. The number of nitrogens with two attached hydrogens (primary N) is 1. The average molecular weight is 238 g/mol. The molecule has 5 heteroatoms. The predicted octanol–water partition coefficient (Wildman–Crippen LogP) is 1.80. The third-order valence-corrected chi connectivity index (χ3v) is 3.57. The van der Waals surface area contributed by atoms with Crippen molar-refractivity contribution in [1.82, 2.24) is 4.98 Å². The molecule has 0 fully saturated rings. The number of hydrogen-bond acceptors (Lipinski definition) is 5. The van der Waals surface area contributed by atoms with Gasteiger partial charge in [-0.05, 0) is 20.3 Å². The van der Waals surface area contributed by atoms with Gasteiger partial charge in [0, 0.05) is 11.3 Å². The number of fused-ring (bicyclic) bond motifs is 1. The van der Waals surface area contributed by atoms with Gasteiger partial charge in [0.05, 0.1) is 18.0 Å². The van der Waals surface area contributed by atoms with Crippen LogP contribution in [-0.2, 0) is 11.2 Å². The van der Waals surface area contributed by atoms with Crippen molar-refractivity contribution in [2.45, 2.75) is 25.3 Å². The number of ether oxygens (including phenoxy) is 1. The van der Waals surface area contributed by atoms with Gasteiger partial charge in [0.1, 0.15) is 10.6 Å². The van der Waals surface area contributed by atoms with Crippen LogP contribution in [0.3, 0.4) is 0 Å². The van der Waals surface area contributed by atoms with E-state index in [2.05, 4.69) is 4.98 Å². The molecule has 1 aliphatic rings. The summed E-state index contributed by atoms with van der Waals surface area (Å²) in [4.78, 5) is 16.1. The second-order valence-corrected chi connectivity index (χ2v) is 4.67. The van der Waals surface area contributed by atoms with Crippen molar-refractivity contribution in [2.24, 2.45) is 0 Å². The van der Waals surface area contributed by atoms with Gasteiger partial charge in [-0.25, -0.2) is 9.78 Å². The first-order valence-electron chi connectivity index (χ1n) is 5.24. The summed E-state index contributed by atoms with van der Waals surface area (Å²) in [7, 11) is 0. The summed E-state index contributed by atoms with van der Waals surface area (Å²) >= 11 is 1.69. The van der Waals surface area contributed by atoms with Crippen LogP contribution in [0.5, 0.6) is 0 Å². The number of thioether (sulfide) groups is 1. The lowest BCUT2D eigenvalue weighted by Crippen LogP contribution is -2.13. The molecule has 2 N–H and O–H groups in total. The number of carbonyl (C=O) groups excluding carboxylic acids is 1. The first kappa shape index (κ1) is 11.3. The Balaban J connectivity index is 2.50. The highest BCUT2D eigenvalue weighted by Crippen LogP contribution is 2.36. The third kappa shape index (κ3) is 1.75. The van der Waals surface area contributed by atoms with E-state index < -0.39 is 0 Å². The number of carbonyl (C=O) groups is 1. The summed E-state index contributed by atoms with van der Waals surface area (Å²) in [6, 6.07) is 0. The van der Waals surface area contributed by atoms with Gasteiger partial charge in [0.15, 0.2) is 0 Å². The van der Waals surface area contributed by atoms with Gasteiger partial charge in [-0.15, -0.1) is 11.8 Å². The molecule has 2 heterocycles. The van der Waals surface area contributed by atoms with E-state index in [1.807, 2.05) is 0 Å². The van der Waals surface area contributed by atoms with Crippen LogP contribution in [0.2, 0.25) is 0 Å². The quantitative estimate of drug-likeness (QED) is 0.796. The summed E-state index contributed by atoms with van der Waals surface area (Å²) in [5.41, 5.74) is 8.65. The Labute approximate surface area is 98.6 Å². The molecule has 0 aromatic carbocycles. The number of aryl methyl sites for hydroxylation is 1. The Hall–Kier alpha value is -1.23. The lowest BCUT2D eigenvalue weighted by atomic mass is 10.1. The normalized spacial score (nSPS) is 13.6. The number of rotatable bonds is 2. The highest BCUT2D eigenvalue weighted by Gasteiger charge is 2.24. The van der Waals surface area contributed by atoms with E-state index in [-0.39, 0.29) is 5.97 Å². The minimum absolute atomic E-state index is 0.351. The molecule has 1 aliphatic heterocycles. The first-order chi connectivity index (χ1) is 7.65. The maximum atomic E-state index is 11.7. The highest BCUT2D eigenvalue weighted by atomic mass is 32.2. The van der Waals surface area contributed by atoms with Gasteiger partial charge in [-0.3, -0.25) is 0 Å². The summed E-state index contributed by atoms with van der Waals surface area (Å²) in [6.45, 7) is 3.92. The summed E-state index contributed by atoms with van der Waals surface area (Å²) < 4.78 is 4.98. The van der Waals surface area contributed by atoms with Gasteiger partial charge in [-0.2, -0.15) is 0 Å². The van der Waals surface area contributed by atoms with Crippen LogP contribution in [0, 0.1) is 6.92 Å². The molecule has 2 rings (SSSR count). The lowest BCUT2D eigenvalue weighted by Gasteiger charge is -2.11. The molecule has 1 aromatic heterocycles. The molecule has 0 radical (unpaired) electrons. The minimum atomic E-state index is -0.371. The molecular weight excluding hydrogens is 224 g/mol. The summed E-state index contributed by atoms with van der Waals surface area (Å²) in [6.07, 6.45) is 0.880. The zero-order valence-electron chi connectivity index (χ0n) is 9.37. The number of esters is 1. The van der Waals surface area contributed by atoms with Crippen molar-refractivity contribution in [2.75, 3.05) is 18.1 Å². The van der Waals surface area contributed by atoms with E-state index in [0.717, 1.165) is 22.8 Å². The highest BCUT2D eigenvalue weighted by molar-refractivity contribution is 7.99. The number of nitrogen functional groups attached to an aromatic ring is 1. The van der Waals surface area contributed by atoms with Gasteiger partial charge in [0.25, 0.3) is 0 Å². The Morgan fingerprint density at radius 2 is 2.38 bits per heavy atom. The molecule has 0 unspecified atom stereocenters. The lowest BCUT2D eigenvalue weighted by molar-refractivity contribution is 0.0526. The maximum absolute atomic E-state index is 11.7. The van der Waals surface area contributed by atoms with Crippen LogP contribution >= 0.6 is 11.8 Å². The molecule has 4 nitrogen and oxygen atoms in total. The SMILES string of the molecule is CCOC(=O)c1c(C)nc2c(c1N)CCS2. The average Bonchev–Trinajstić information content (AvgIpc) is 2.66. The molecule has 0 saturated heterocycles. The Morgan fingerprint density at radius 3 is 3.06 bits per heavy atom. The number of pyridine rings is 1. The standard InChI is InChI=1S/C11H14N2O2S/c1-3-15-11(14)8-6(2)13-10-7(9(8)12)4-5-16-10/h3-5H2,1-2H3,(H2,12,13). The zero-order chi connectivity index (χ0) is 11.7. The fourth-order valence-corrected chi connectivity index (χ4v) is 2.90. The smallest absolute Gasteiger partial charge is 0.342 e. The van der Waals surface area contributed by atoms with Crippen LogP contribution in [0.25, 0.3) is 0 Å². The van der Waals surface area contributed by atoms with E-state index in [1.54, 1.807) is 25.6 Å². The second kappa shape index (κ2) is 4.33. The summed E-state index contributed by atoms with van der Waals surface area (Å²) in [5.74, 6) is 0.614. The summed E-state index contributed by atoms with van der Waals surface area (Å²) in [5, 5.41) is 0.961. The Kier molecular flexibility index (Phi) is 3.05. The number of hydrogen-bond donors (Lipinski definition) is 1. The van der Waals surface area contributed by atoms with Crippen LogP contribution in [0.15, 0.2) is 5.03 Å². The van der Waals surface area contributed by atoms with Crippen molar-refractivity contribution < 1.29 is 9.53 Å². The fraction of sp³-hybridized carbons (Fsp3) is 0.455. The van der Waals surface area contributed by atoms with Crippen molar-refractivity contribution in [3.8, 4) is 0 Å². The molecule has 1 aromatic rings. The molecule has 86 valence electrons. The van der Waals surface area contributed by atoms with Crippen molar-refractivity contribution in [3.63, 3.8) is 0 Å². The van der Waals surface area contributed by atoms with Crippen LogP contribution < -0.4 is 5.73 Å². The van der Waals surface area contributed by atoms with Crippen LogP contribution in [0.1, 0.15) is 28.5 Å². The molecule has 0 atom stereocenters. The molecule has 0 amide bonds. The van der Waals surface area contributed by atoms with E-state index in [9.17, 15) is 4.79 Å². The van der Waals surface area contributed by atoms with Crippen LogP contribution in [-0.4, -0.2) is 23.3 Å². The Bertz CT molecular complexity index is 446. The van der Waals surface area contributed by atoms with E-state index in [0.29, 0.717) is 23.6 Å². The van der Waals surface area contributed by atoms with Crippen molar-refractivity contribution in [1.29, 1.82) is 0 Å². The molecule has 0 aliphatic carbocycles. The number of nitrogens with zero attached hydrogens (tertiary/aromatic N) is 1. The molecule has 0 bridgehead atoms. The molecule has 0 saturated carbocycles. The van der Waals surface area contributed by atoms with E-state index in [4.69, 9.17) is 10.5 Å². The monoisotopic (exact) mass is 238 g/mol. The third-order valence-electron chi connectivity index (χ3n) is 2.55. The van der Waals surface area contributed by atoms with Crippen molar-refractivity contribution in [3.05, 3.63) is 16.8 Å². The van der Waals surface area contributed by atoms with E-state index >= 15 is 0 Å². The largest absolute Gasteiger partial charge is 0.462 e. The minimum Gasteiger partial charge on any atom is -0.462 e. The first-order valence-corrected chi connectivity index (χ1v) is 6.22. The predicted molar refractivity (Wildman–Crippen MR) is 63.8 cm³/mol. The second-order valence-electron chi connectivity index (χ2n) is 3.59. The fourth-order valence-electron chi connectivity index (χ4n) is 1.81. The molecule has 16 heavy (non-hydrogen) atoms.